The van der Waals surface area contributed by atoms with Crippen molar-refractivity contribution in [3.05, 3.63) is 10.1 Å². The summed E-state index contributed by atoms with van der Waals surface area (Å²) in [5, 5.41) is 8.86. The molecule has 0 saturated carbocycles. The van der Waals surface area contributed by atoms with Crippen molar-refractivity contribution in [2.24, 2.45) is 0 Å². The molecule has 0 aliphatic rings. The zero-order valence-corrected chi connectivity index (χ0v) is 4.94. The van der Waals surface area contributed by atoms with Gasteiger partial charge in [-0.1, -0.05) is 0 Å². The summed E-state index contributed by atoms with van der Waals surface area (Å²) in [6.07, 6.45) is 0. The van der Waals surface area contributed by atoms with Crippen LogP contribution in [0.5, 0.6) is 0 Å². The molecule has 4 heavy (non-hydrogen) atoms. The van der Waals surface area contributed by atoms with Gasteiger partial charge >= 0.3 is 32.3 Å². The maximum atomic E-state index is 8.86. The van der Waals surface area contributed by atoms with E-state index in [9.17, 15) is 0 Å². The molecule has 19 valence electrons. The average molecular weight is 111 g/mol. The summed E-state index contributed by atoms with van der Waals surface area (Å²) in [6.45, 7) is 0. The van der Waals surface area contributed by atoms with Crippen LogP contribution in [0.1, 0.15) is 0 Å². The molecule has 0 aromatic heterocycles. The molecule has 0 unspecified atom stereocenters. The van der Waals surface area contributed by atoms with Gasteiger partial charge in [0.05, 0.1) is 0 Å². The van der Waals surface area contributed by atoms with Gasteiger partial charge in [0.1, 0.15) is 0 Å². The zero-order chi connectivity index (χ0) is 3.58. The standard InChI is InChI=1S/NO2.Zn/c2-1-3;. The molecule has 0 atom stereocenters. The van der Waals surface area contributed by atoms with Crippen LogP contribution < -0.4 is 0 Å². The summed E-state index contributed by atoms with van der Waals surface area (Å²) in [5.74, 6) is 0. The van der Waals surface area contributed by atoms with Gasteiger partial charge in [-0.25, -0.2) is 0 Å². The molecule has 0 aromatic carbocycles. The van der Waals surface area contributed by atoms with Gasteiger partial charge in [0.15, 0.2) is 0 Å². The molecule has 0 radical (unpaired) electrons. The predicted octanol–water partition coefficient (Wildman–Crippen LogP) is -0.275. The third-order valence-electron chi connectivity index (χ3n) is 0. The van der Waals surface area contributed by atoms with Crippen molar-refractivity contribution in [1.29, 1.82) is 0 Å². The van der Waals surface area contributed by atoms with Gasteiger partial charge < -0.3 is 0 Å². The molecule has 3 nitrogen and oxygen atoms in total. The molecule has 4 heteroatoms. The van der Waals surface area contributed by atoms with Gasteiger partial charge in [0, 0.05) is 0 Å². The van der Waals surface area contributed by atoms with Gasteiger partial charge in [0.2, 0.25) is 0 Å². The Morgan fingerprint density at radius 3 is 2.00 bits per heavy atom. The summed E-state index contributed by atoms with van der Waals surface area (Å²) in [7, 11) is 0. The Balaban J connectivity index is 2.80. The van der Waals surface area contributed by atoms with Crippen LogP contribution in [0.2, 0.25) is 0 Å². The third kappa shape index (κ3) is 3880. The first-order chi connectivity index (χ1) is 1.73. The van der Waals surface area contributed by atoms with Crippen LogP contribution in [-0.4, -0.2) is 3.67 Å². The van der Waals surface area contributed by atoms with Gasteiger partial charge in [-0.05, 0) is 0 Å². The van der Waals surface area contributed by atoms with E-state index >= 15 is 0 Å². The van der Waals surface area contributed by atoms with Crippen molar-refractivity contribution in [3.8, 4) is 0 Å². The number of rotatable bonds is 0. The van der Waals surface area contributed by atoms with E-state index in [2.05, 4.69) is 0 Å². The summed E-state index contributed by atoms with van der Waals surface area (Å²) < 4.78 is -0.375. The quantitative estimate of drug-likeness (QED) is 0.245. The SMILES string of the molecule is O=[N+]([O-])[Zn]. The molecule has 0 aliphatic carbocycles. The zero-order valence-electron chi connectivity index (χ0n) is 1.97. The first kappa shape index (κ1) is 4.02. The monoisotopic (exact) mass is 110 g/mol. The average Bonchev–Trinajstić information content (AvgIpc) is 0.811. The Hall–Kier alpha value is 0.0234. The van der Waals surface area contributed by atoms with E-state index in [-0.39, 0.29) is 22.2 Å². The molecule has 0 saturated heterocycles. The summed E-state index contributed by atoms with van der Waals surface area (Å²) in [5.41, 5.74) is 0. The van der Waals surface area contributed by atoms with Crippen LogP contribution in [-0.2, 0) is 18.5 Å². The fourth-order valence-corrected chi connectivity index (χ4v) is 0. The molecule has 0 fully saturated rings. The predicted molar refractivity (Wildman–Crippen MR) is 6.99 cm³/mol. The topological polar surface area (TPSA) is 43.1 Å². The van der Waals surface area contributed by atoms with Crippen molar-refractivity contribution < 1.29 is 22.2 Å². The van der Waals surface area contributed by atoms with Crippen molar-refractivity contribution in [1.82, 2.24) is 0 Å². The van der Waals surface area contributed by atoms with E-state index in [1.165, 1.54) is 0 Å². The molecular weight excluding hydrogens is 111 g/mol. The molecule has 0 heterocycles. The van der Waals surface area contributed by atoms with E-state index in [1.807, 2.05) is 0 Å². The van der Waals surface area contributed by atoms with Gasteiger partial charge in [-0.2, -0.15) is 0 Å². The molecular formula is NO2Zn. The number of hydrogen-bond donors (Lipinski definition) is 0. The Labute approximate surface area is 33.1 Å². The fraction of sp³-hybridized carbons (Fsp3) is 0. The molecule has 0 spiro atoms. The second-order valence-corrected chi connectivity index (χ2v) is 1.42. The molecule has 0 aromatic rings. The Morgan fingerprint density at radius 1 is 2.00 bits per heavy atom. The molecule has 0 rings (SSSR count). The fourth-order valence-electron chi connectivity index (χ4n) is 0. The van der Waals surface area contributed by atoms with Crippen LogP contribution in [0.25, 0.3) is 0 Å². The van der Waals surface area contributed by atoms with E-state index in [1.54, 1.807) is 0 Å². The van der Waals surface area contributed by atoms with Crippen molar-refractivity contribution in [3.63, 3.8) is 0 Å². The van der Waals surface area contributed by atoms with Gasteiger partial charge in [-0.15, -0.1) is 0 Å². The molecule has 0 aliphatic heterocycles. The Morgan fingerprint density at radius 2 is 2.00 bits per heavy atom. The summed E-state index contributed by atoms with van der Waals surface area (Å²) in [6, 6.07) is 0. The third-order valence-corrected chi connectivity index (χ3v) is 0. The van der Waals surface area contributed by atoms with Gasteiger partial charge in [0.25, 0.3) is 0 Å². The van der Waals surface area contributed by atoms with Crippen LogP contribution in [0, 0.1) is 10.1 Å². The number of hydrogen-bond acceptors (Lipinski definition) is 2. The second kappa shape index (κ2) is 1.35. The van der Waals surface area contributed by atoms with Crippen LogP contribution in [0.15, 0.2) is 0 Å². The summed E-state index contributed by atoms with van der Waals surface area (Å²) in [4.78, 5) is 8.86. The van der Waals surface area contributed by atoms with E-state index < -0.39 is 0 Å². The van der Waals surface area contributed by atoms with Crippen molar-refractivity contribution >= 4 is 0 Å². The van der Waals surface area contributed by atoms with E-state index in [0.717, 1.165) is 0 Å². The van der Waals surface area contributed by atoms with Gasteiger partial charge in [-0.3, -0.25) is 0 Å². The minimum absolute atomic E-state index is 0.153. The normalized spacial score (nSPS) is 6.50. The van der Waals surface area contributed by atoms with Crippen LogP contribution in [0.3, 0.4) is 0 Å². The van der Waals surface area contributed by atoms with Crippen LogP contribution in [0.4, 0.5) is 0 Å². The van der Waals surface area contributed by atoms with Crippen molar-refractivity contribution in [2.45, 2.75) is 0 Å². The summed E-state index contributed by atoms with van der Waals surface area (Å²) >= 11 is 0.153. The maximum absolute atomic E-state index is 8.86. The van der Waals surface area contributed by atoms with E-state index in [0.29, 0.717) is 0 Å². The molecule has 0 bridgehead atoms. The number of nitro groups is 1. The molecule has 0 amide bonds. The van der Waals surface area contributed by atoms with Crippen LogP contribution >= 0.6 is 0 Å². The first-order valence-electron chi connectivity index (χ1n) is 0.681. The second-order valence-electron chi connectivity index (χ2n) is 0.333. The Bertz CT molecular complexity index is 29.0. The minimum atomic E-state index is -0.375. The molecule has 0 N–H and O–H groups in total. The first-order valence-corrected chi connectivity index (χ1v) is 2.01. The Kier molecular flexibility index (Phi) is 1.36. The van der Waals surface area contributed by atoms with E-state index in [4.69, 9.17) is 10.1 Å². The number of nitrogens with zero attached hydrogens (tertiary/aromatic N) is 1. The van der Waals surface area contributed by atoms with Crippen molar-refractivity contribution in [2.75, 3.05) is 0 Å².